The summed E-state index contributed by atoms with van der Waals surface area (Å²) in [5.41, 5.74) is 6.11. The monoisotopic (exact) mass is 269 g/mol. The number of aromatic nitrogens is 1. The molecular formula is C11H15N3OS2. The summed E-state index contributed by atoms with van der Waals surface area (Å²) in [5, 5.41) is 3.43. The van der Waals surface area contributed by atoms with E-state index in [1.165, 1.54) is 11.5 Å². The van der Waals surface area contributed by atoms with Gasteiger partial charge in [0.2, 0.25) is 0 Å². The molecule has 0 saturated carbocycles. The van der Waals surface area contributed by atoms with Gasteiger partial charge in [0.1, 0.15) is 5.82 Å². The molecule has 17 heavy (non-hydrogen) atoms. The molecule has 0 aromatic carbocycles. The Morgan fingerprint density at radius 2 is 2.47 bits per heavy atom. The fourth-order valence-electron chi connectivity index (χ4n) is 1.57. The number of amides is 1. The van der Waals surface area contributed by atoms with Crippen LogP contribution in [0, 0.1) is 0 Å². The summed E-state index contributed by atoms with van der Waals surface area (Å²) in [4.78, 5) is 15.8. The molecule has 1 fully saturated rings. The second kappa shape index (κ2) is 6.16. The van der Waals surface area contributed by atoms with Crippen molar-refractivity contribution < 1.29 is 4.79 Å². The van der Waals surface area contributed by atoms with E-state index in [4.69, 9.17) is 5.73 Å². The molecule has 2 heterocycles. The second-order valence-corrected chi connectivity index (χ2v) is 6.27. The molecule has 1 aliphatic rings. The minimum Gasteiger partial charge on any atom is -0.383 e. The molecule has 1 saturated heterocycles. The zero-order chi connectivity index (χ0) is 12.1. The lowest BCUT2D eigenvalue weighted by Crippen LogP contribution is -2.33. The number of nitrogens with zero attached hydrogens (tertiary/aromatic N) is 1. The zero-order valence-electron chi connectivity index (χ0n) is 9.39. The zero-order valence-corrected chi connectivity index (χ0v) is 11.0. The molecule has 3 N–H and O–H groups in total. The summed E-state index contributed by atoms with van der Waals surface area (Å²) in [5.74, 6) is 3.64. The lowest BCUT2D eigenvalue weighted by Gasteiger charge is -2.21. The minimum absolute atomic E-state index is 0.133. The van der Waals surface area contributed by atoms with E-state index in [0.29, 0.717) is 17.4 Å². The van der Waals surface area contributed by atoms with Crippen LogP contribution in [0.15, 0.2) is 18.3 Å². The third-order valence-electron chi connectivity index (χ3n) is 2.46. The van der Waals surface area contributed by atoms with Gasteiger partial charge in [-0.1, -0.05) is 0 Å². The highest BCUT2D eigenvalue weighted by molar-refractivity contribution is 8.06. The highest BCUT2D eigenvalue weighted by Gasteiger charge is 2.16. The number of nitrogens with two attached hydrogens (primary N) is 1. The molecule has 0 aliphatic carbocycles. The number of nitrogens with one attached hydrogen (secondary N) is 1. The predicted molar refractivity (Wildman–Crippen MR) is 74.6 cm³/mol. The smallest absolute Gasteiger partial charge is 0.255 e. The maximum atomic E-state index is 11.9. The number of carbonyl (C=O) groups is 1. The van der Waals surface area contributed by atoms with Crippen molar-refractivity contribution in [3.05, 3.63) is 23.9 Å². The van der Waals surface area contributed by atoms with Gasteiger partial charge in [-0.15, -0.1) is 0 Å². The molecule has 0 radical (unpaired) electrons. The Hall–Kier alpha value is -0.880. The van der Waals surface area contributed by atoms with Crippen LogP contribution in [-0.2, 0) is 0 Å². The lowest BCUT2D eigenvalue weighted by molar-refractivity contribution is 0.0955. The lowest BCUT2D eigenvalue weighted by atomic mass is 10.2. The van der Waals surface area contributed by atoms with Gasteiger partial charge in [-0.2, -0.15) is 23.5 Å². The van der Waals surface area contributed by atoms with E-state index in [0.717, 1.165) is 5.75 Å². The molecule has 1 aromatic rings. The van der Waals surface area contributed by atoms with Gasteiger partial charge in [-0.25, -0.2) is 4.98 Å². The summed E-state index contributed by atoms with van der Waals surface area (Å²) in [6.07, 6.45) is 1.58. The number of thioether (sulfide) groups is 2. The third kappa shape index (κ3) is 3.54. The highest BCUT2D eigenvalue weighted by Crippen LogP contribution is 2.23. The fraction of sp³-hybridized carbons (Fsp3) is 0.455. The first kappa shape index (κ1) is 12.6. The van der Waals surface area contributed by atoms with Gasteiger partial charge in [0.25, 0.3) is 5.91 Å². The highest BCUT2D eigenvalue weighted by atomic mass is 32.2. The van der Waals surface area contributed by atoms with Crippen molar-refractivity contribution in [2.75, 3.05) is 29.5 Å². The molecule has 1 amide bonds. The Labute approximate surface area is 109 Å². The van der Waals surface area contributed by atoms with Crippen molar-refractivity contribution in [3.8, 4) is 0 Å². The Balaban J connectivity index is 1.87. The molecule has 1 unspecified atom stereocenters. The predicted octanol–water partition coefficient (Wildman–Crippen LogP) is 1.24. The normalized spacial score (nSPS) is 19.9. The van der Waals surface area contributed by atoms with Gasteiger partial charge in [0, 0.05) is 35.3 Å². The van der Waals surface area contributed by atoms with Crippen LogP contribution < -0.4 is 11.1 Å². The summed E-state index contributed by atoms with van der Waals surface area (Å²) in [6.45, 7) is 0.699. The van der Waals surface area contributed by atoms with Crippen molar-refractivity contribution in [1.82, 2.24) is 10.3 Å². The quantitative estimate of drug-likeness (QED) is 0.864. The van der Waals surface area contributed by atoms with Gasteiger partial charge in [0.15, 0.2) is 0 Å². The maximum Gasteiger partial charge on any atom is 0.255 e. The maximum absolute atomic E-state index is 11.9. The summed E-state index contributed by atoms with van der Waals surface area (Å²) >= 11 is 3.87. The van der Waals surface area contributed by atoms with Crippen LogP contribution in [0.1, 0.15) is 10.4 Å². The average Bonchev–Trinajstić information content (AvgIpc) is 2.38. The number of anilines is 1. The van der Waals surface area contributed by atoms with Crippen molar-refractivity contribution in [2.45, 2.75) is 5.25 Å². The number of hydrogen-bond acceptors (Lipinski definition) is 5. The van der Waals surface area contributed by atoms with Crippen molar-refractivity contribution in [2.24, 2.45) is 0 Å². The number of carbonyl (C=O) groups excluding carboxylic acids is 1. The van der Waals surface area contributed by atoms with Crippen LogP contribution in [0.25, 0.3) is 0 Å². The molecule has 1 aromatic heterocycles. The average molecular weight is 269 g/mol. The van der Waals surface area contributed by atoms with Crippen LogP contribution in [0.2, 0.25) is 0 Å². The third-order valence-corrected chi connectivity index (χ3v) is 5.30. The van der Waals surface area contributed by atoms with Crippen LogP contribution in [-0.4, -0.2) is 39.9 Å². The van der Waals surface area contributed by atoms with Crippen LogP contribution >= 0.6 is 23.5 Å². The second-order valence-electron chi connectivity index (χ2n) is 3.71. The van der Waals surface area contributed by atoms with E-state index in [-0.39, 0.29) is 11.7 Å². The van der Waals surface area contributed by atoms with Gasteiger partial charge in [-0.05, 0) is 12.1 Å². The number of rotatable bonds is 3. The SMILES string of the molecule is Nc1ncccc1C(=O)NCC1CSCCS1. The number of pyridine rings is 1. The van der Waals surface area contributed by atoms with Gasteiger partial charge >= 0.3 is 0 Å². The molecule has 0 bridgehead atoms. The Bertz CT molecular complexity index is 394. The van der Waals surface area contributed by atoms with Crippen LogP contribution in [0.3, 0.4) is 0 Å². The first-order chi connectivity index (χ1) is 8.27. The van der Waals surface area contributed by atoms with E-state index in [9.17, 15) is 4.79 Å². The van der Waals surface area contributed by atoms with Crippen molar-refractivity contribution in [3.63, 3.8) is 0 Å². The van der Waals surface area contributed by atoms with Gasteiger partial charge in [-0.3, -0.25) is 4.79 Å². The Kier molecular flexibility index (Phi) is 4.56. The van der Waals surface area contributed by atoms with Gasteiger partial charge < -0.3 is 11.1 Å². The molecule has 4 nitrogen and oxygen atoms in total. The first-order valence-corrected chi connectivity index (χ1v) is 7.66. The number of nitrogen functional groups attached to an aromatic ring is 1. The molecule has 6 heteroatoms. The molecular weight excluding hydrogens is 254 g/mol. The summed E-state index contributed by atoms with van der Waals surface area (Å²) in [7, 11) is 0. The molecule has 2 rings (SSSR count). The first-order valence-electron chi connectivity index (χ1n) is 5.45. The topological polar surface area (TPSA) is 68.0 Å². The standard InChI is InChI=1S/C11H15N3OS2/c12-10-9(2-1-3-13-10)11(15)14-6-8-7-16-4-5-17-8/h1-3,8H,4-7H2,(H2,12,13)(H,14,15). The Morgan fingerprint density at radius 3 is 3.18 bits per heavy atom. The summed E-state index contributed by atoms with van der Waals surface area (Å²) < 4.78 is 0. The van der Waals surface area contributed by atoms with E-state index in [1.807, 2.05) is 23.5 Å². The molecule has 1 atom stereocenters. The van der Waals surface area contributed by atoms with Crippen molar-refractivity contribution >= 4 is 35.2 Å². The summed E-state index contributed by atoms with van der Waals surface area (Å²) in [6, 6.07) is 3.41. The fourth-order valence-corrected chi connectivity index (χ4v) is 4.18. The Morgan fingerprint density at radius 1 is 1.59 bits per heavy atom. The van der Waals surface area contributed by atoms with Gasteiger partial charge in [0.05, 0.1) is 5.56 Å². The van der Waals surface area contributed by atoms with E-state index in [1.54, 1.807) is 18.3 Å². The van der Waals surface area contributed by atoms with Crippen LogP contribution in [0.4, 0.5) is 5.82 Å². The van der Waals surface area contributed by atoms with Crippen molar-refractivity contribution in [1.29, 1.82) is 0 Å². The number of hydrogen-bond donors (Lipinski definition) is 2. The van der Waals surface area contributed by atoms with Crippen LogP contribution in [0.5, 0.6) is 0 Å². The largest absolute Gasteiger partial charge is 0.383 e. The molecule has 0 spiro atoms. The van der Waals surface area contributed by atoms with E-state index >= 15 is 0 Å². The molecule has 92 valence electrons. The van der Waals surface area contributed by atoms with E-state index in [2.05, 4.69) is 10.3 Å². The van der Waals surface area contributed by atoms with E-state index < -0.39 is 0 Å². The minimum atomic E-state index is -0.133. The molecule has 1 aliphatic heterocycles.